The van der Waals surface area contributed by atoms with Gasteiger partial charge in [0.25, 0.3) is 0 Å². The summed E-state index contributed by atoms with van der Waals surface area (Å²) in [6.45, 7) is 1.68. The molecule has 2 aliphatic rings. The van der Waals surface area contributed by atoms with E-state index in [0.717, 1.165) is 16.0 Å². The van der Waals surface area contributed by atoms with Crippen LogP contribution in [0, 0.1) is 6.92 Å². The van der Waals surface area contributed by atoms with Crippen LogP contribution in [0.1, 0.15) is 5.82 Å². The summed E-state index contributed by atoms with van der Waals surface area (Å²) in [7, 11) is 0. The smallest absolute Gasteiger partial charge is 0.159 e. The number of fused-ring (bicyclic) bond motifs is 1. The largest absolute Gasteiger partial charge is 0.427 e. The van der Waals surface area contributed by atoms with Gasteiger partial charge in [0, 0.05) is 5.56 Å². The van der Waals surface area contributed by atoms with Crippen LogP contribution >= 0.6 is 11.6 Å². The molecule has 0 unspecified atom stereocenters. The van der Waals surface area contributed by atoms with E-state index in [4.69, 9.17) is 11.6 Å². The monoisotopic (exact) mass is 259 g/mol. The highest BCUT2D eigenvalue weighted by molar-refractivity contribution is 6.31. The summed E-state index contributed by atoms with van der Waals surface area (Å²) in [5.74, 6) is 0.430. The molecule has 0 aromatic heterocycles. The molecule has 0 atom stereocenters. The summed E-state index contributed by atoms with van der Waals surface area (Å²) in [4.78, 5) is 8.43. The summed E-state index contributed by atoms with van der Waals surface area (Å²) in [6, 6.07) is 11.5. The van der Waals surface area contributed by atoms with E-state index in [1.54, 1.807) is 13.0 Å². The predicted molar refractivity (Wildman–Crippen MR) is 69.0 cm³/mol. The molecule has 2 heterocycles. The van der Waals surface area contributed by atoms with E-state index < -0.39 is 0 Å². The Labute approximate surface area is 109 Å². The van der Waals surface area contributed by atoms with Gasteiger partial charge in [0.05, 0.1) is 5.69 Å². The molecular weight excluding hydrogens is 250 g/mol. The topological polar surface area (TPSA) is 50.9 Å². The zero-order valence-electron chi connectivity index (χ0n) is 9.63. The van der Waals surface area contributed by atoms with Gasteiger partial charge in [-0.1, -0.05) is 41.9 Å². The summed E-state index contributed by atoms with van der Waals surface area (Å²) < 4.78 is 1.00. The van der Waals surface area contributed by atoms with E-state index in [1.165, 1.54) is 0 Å². The highest BCUT2D eigenvalue weighted by Gasteiger charge is 2.19. The van der Waals surface area contributed by atoms with E-state index in [-0.39, 0.29) is 0 Å². The van der Waals surface area contributed by atoms with E-state index in [9.17, 15) is 5.21 Å². The first-order valence-electron chi connectivity index (χ1n) is 5.47. The minimum atomic E-state index is 0.301. The van der Waals surface area contributed by atoms with E-state index in [2.05, 4.69) is 9.97 Å². The van der Waals surface area contributed by atoms with Crippen molar-refractivity contribution in [1.82, 2.24) is 14.7 Å². The molecule has 0 bridgehead atoms. The molecule has 0 saturated carbocycles. The maximum atomic E-state index is 9.90. The fourth-order valence-electron chi connectivity index (χ4n) is 1.89. The van der Waals surface area contributed by atoms with Crippen molar-refractivity contribution in [2.75, 3.05) is 0 Å². The maximum absolute atomic E-state index is 9.90. The van der Waals surface area contributed by atoms with Gasteiger partial charge in [0.2, 0.25) is 0 Å². The van der Waals surface area contributed by atoms with Crippen molar-refractivity contribution in [3.05, 3.63) is 47.4 Å². The number of aromatic nitrogens is 3. The minimum Gasteiger partial charge on any atom is -0.427 e. The van der Waals surface area contributed by atoms with Crippen molar-refractivity contribution in [2.24, 2.45) is 0 Å². The first-order valence-corrected chi connectivity index (χ1v) is 5.85. The van der Waals surface area contributed by atoms with Crippen LogP contribution in [0.5, 0.6) is 0 Å². The van der Waals surface area contributed by atoms with Crippen LogP contribution in [0.2, 0.25) is 5.15 Å². The van der Waals surface area contributed by atoms with Gasteiger partial charge in [-0.3, -0.25) is 0 Å². The van der Waals surface area contributed by atoms with Crippen molar-refractivity contribution in [3.63, 3.8) is 0 Å². The SMILES string of the molecule is Cc1nc(Cl)c2nc(-c3ccccc3)cc-2n1O. The molecule has 1 aromatic carbocycles. The van der Waals surface area contributed by atoms with Crippen LogP contribution in [-0.2, 0) is 0 Å². The van der Waals surface area contributed by atoms with Crippen LogP contribution in [0.3, 0.4) is 0 Å². The summed E-state index contributed by atoms with van der Waals surface area (Å²) in [6.07, 6.45) is 0. The molecule has 2 aliphatic heterocycles. The third-order valence-corrected chi connectivity index (χ3v) is 3.07. The van der Waals surface area contributed by atoms with Gasteiger partial charge in [-0.25, -0.2) is 9.97 Å². The lowest BCUT2D eigenvalue weighted by Gasteiger charge is -2.07. The zero-order chi connectivity index (χ0) is 12.7. The molecule has 0 radical (unpaired) electrons. The molecule has 4 nitrogen and oxygen atoms in total. The molecule has 5 heteroatoms. The van der Waals surface area contributed by atoms with E-state index >= 15 is 0 Å². The lowest BCUT2D eigenvalue weighted by Crippen LogP contribution is -2.05. The number of hydrogen-bond donors (Lipinski definition) is 1. The Hall–Kier alpha value is -2.07. The molecular formula is C13H10ClN3O. The van der Waals surface area contributed by atoms with Crippen molar-refractivity contribution >= 4 is 11.6 Å². The van der Waals surface area contributed by atoms with Gasteiger partial charge in [-0.2, -0.15) is 4.73 Å². The number of rotatable bonds is 1. The minimum absolute atomic E-state index is 0.301. The third kappa shape index (κ3) is 1.62. The van der Waals surface area contributed by atoms with Crippen LogP contribution < -0.4 is 0 Å². The average Bonchev–Trinajstić information content (AvgIpc) is 2.83. The molecule has 0 fully saturated rings. The number of nitrogens with zero attached hydrogens (tertiary/aromatic N) is 3. The third-order valence-electron chi connectivity index (χ3n) is 2.81. The Morgan fingerprint density at radius 2 is 1.89 bits per heavy atom. The molecule has 0 spiro atoms. The summed E-state index contributed by atoms with van der Waals surface area (Å²) in [5, 5.41) is 10.2. The molecule has 0 amide bonds. The Balaban J connectivity index is 2.27. The van der Waals surface area contributed by atoms with Gasteiger partial charge in [-0.15, -0.1) is 0 Å². The van der Waals surface area contributed by atoms with Crippen LogP contribution in [-0.4, -0.2) is 19.9 Å². The van der Waals surface area contributed by atoms with Gasteiger partial charge in [0.15, 0.2) is 5.15 Å². The van der Waals surface area contributed by atoms with Gasteiger partial charge in [-0.05, 0) is 13.0 Å². The zero-order valence-corrected chi connectivity index (χ0v) is 10.4. The molecule has 3 rings (SSSR count). The fourth-order valence-corrected chi connectivity index (χ4v) is 2.16. The van der Waals surface area contributed by atoms with E-state index in [1.807, 2.05) is 30.3 Å². The second-order valence-corrected chi connectivity index (χ2v) is 4.36. The number of aryl methyl sites for hydroxylation is 1. The maximum Gasteiger partial charge on any atom is 0.159 e. The lowest BCUT2D eigenvalue weighted by atomic mass is 10.1. The number of halogens is 1. The predicted octanol–water partition coefficient (Wildman–Crippen LogP) is 3.25. The second kappa shape index (κ2) is 3.99. The summed E-state index contributed by atoms with van der Waals surface area (Å²) >= 11 is 6.04. The quantitative estimate of drug-likeness (QED) is 0.539. The Morgan fingerprint density at radius 1 is 1.17 bits per heavy atom. The standard InChI is InChI=1S/C13H10ClN3O/c1-8-15-13(14)12-11(17(8)18)7-10(16-12)9-5-3-2-4-6-9/h2-7,18H,1H3. The first kappa shape index (κ1) is 11.0. The normalized spacial score (nSPS) is 11.0. The molecule has 18 heavy (non-hydrogen) atoms. The Kier molecular flexibility index (Phi) is 2.45. The fraction of sp³-hybridized carbons (Fsp3) is 0.0769. The van der Waals surface area contributed by atoms with Crippen LogP contribution in [0.4, 0.5) is 0 Å². The van der Waals surface area contributed by atoms with E-state index in [0.29, 0.717) is 22.4 Å². The molecule has 1 N–H and O–H groups in total. The second-order valence-electron chi connectivity index (χ2n) is 4.00. The first-order chi connectivity index (χ1) is 8.66. The van der Waals surface area contributed by atoms with Crippen molar-refractivity contribution in [1.29, 1.82) is 0 Å². The van der Waals surface area contributed by atoms with Crippen molar-refractivity contribution < 1.29 is 5.21 Å². The lowest BCUT2D eigenvalue weighted by molar-refractivity contribution is 0.178. The molecule has 0 saturated heterocycles. The van der Waals surface area contributed by atoms with Crippen LogP contribution in [0.15, 0.2) is 36.4 Å². The van der Waals surface area contributed by atoms with Gasteiger partial charge < -0.3 is 5.21 Å². The number of benzene rings is 1. The van der Waals surface area contributed by atoms with Gasteiger partial charge >= 0.3 is 0 Å². The average molecular weight is 260 g/mol. The Morgan fingerprint density at radius 3 is 2.61 bits per heavy atom. The van der Waals surface area contributed by atoms with Crippen molar-refractivity contribution in [3.8, 4) is 22.6 Å². The summed E-state index contributed by atoms with van der Waals surface area (Å²) in [5.41, 5.74) is 2.81. The highest BCUT2D eigenvalue weighted by atomic mass is 35.5. The highest BCUT2D eigenvalue weighted by Crippen LogP contribution is 2.32. The van der Waals surface area contributed by atoms with Crippen molar-refractivity contribution in [2.45, 2.75) is 6.92 Å². The van der Waals surface area contributed by atoms with Gasteiger partial charge in [0.1, 0.15) is 17.2 Å². The molecule has 1 aromatic rings. The van der Waals surface area contributed by atoms with Crippen LogP contribution in [0.25, 0.3) is 22.6 Å². The number of hydrogen-bond acceptors (Lipinski definition) is 3. The molecule has 0 aliphatic carbocycles. The Bertz CT molecular complexity index is 678. The molecule has 90 valence electrons.